The molecule has 3 unspecified atom stereocenters. The van der Waals surface area contributed by atoms with E-state index >= 15 is 0 Å². The van der Waals surface area contributed by atoms with E-state index in [1.807, 2.05) is 23.1 Å². The van der Waals surface area contributed by atoms with Crippen LogP contribution >= 0.6 is 0 Å². The highest BCUT2D eigenvalue weighted by atomic mass is 16.5. The maximum Gasteiger partial charge on any atom is 0.319 e. The van der Waals surface area contributed by atoms with Gasteiger partial charge in [-0.3, -0.25) is 9.69 Å². The Hall–Kier alpha value is -2.12. The van der Waals surface area contributed by atoms with E-state index in [9.17, 15) is 9.59 Å². The predicted molar refractivity (Wildman–Crippen MR) is 112 cm³/mol. The van der Waals surface area contributed by atoms with Gasteiger partial charge in [0.05, 0.1) is 12.2 Å². The molecule has 0 aromatic heterocycles. The fourth-order valence-electron chi connectivity index (χ4n) is 4.50. The third kappa shape index (κ3) is 5.28. The Balaban J connectivity index is 1.38. The van der Waals surface area contributed by atoms with Crippen LogP contribution in [0, 0.1) is 0 Å². The van der Waals surface area contributed by atoms with Crippen LogP contribution in [0.1, 0.15) is 49.9 Å². The predicted octanol–water partition coefficient (Wildman–Crippen LogP) is 2.68. The Morgan fingerprint density at radius 3 is 2.62 bits per heavy atom. The Labute approximate surface area is 172 Å². The standard InChI is InChI=1S/C22H32N4O3/c1-15-12-25(13-16(2)29-15)14-20-7-4-10-26(20)21(27)17-5-3-6-19(11-17)24-22(28)23-18-8-9-18/h3,5-6,11,15-16,18,20H,4,7-10,12-14H2,1-2H3,(H2,23,24,28). The number of benzene rings is 1. The van der Waals surface area contributed by atoms with Gasteiger partial charge in [0.1, 0.15) is 0 Å². The van der Waals surface area contributed by atoms with Crippen molar-refractivity contribution in [1.29, 1.82) is 0 Å². The number of rotatable bonds is 5. The average Bonchev–Trinajstić information content (AvgIpc) is 3.35. The maximum atomic E-state index is 13.2. The summed E-state index contributed by atoms with van der Waals surface area (Å²) in [5, 5.41) is 5.75. The van der Waals surface area contributed by atoms with Gasteiger partial charge in [-0.05, 0) is 57.7 Å². The molecule has 1 aromatic carbocycles. The van der Waals surface area contributed by atoms with E-state index in [2.05, 4.69) is 29.4 Å². The van der Waals surface area contributed by atoms with Crippen LogP contribution in [0.3, 0.4) is 0 Å². The van der Waals surface area contributed by atoms with Crippen molar-refractivity contribution in [1.82, 2.24) is 15.1 Å². The first kappa shape index (κ1) is 20.2. The molecule has 0 spiro atoms. The Bertz CT molecular complexity index is 741. The molecular weight excluding hydrogens is 368 g/mol. The second kappa shape index (κ2) is 8.71. The summed E-state index contributed by atoms with van der Waals surface area (Å²) in [4.78, 5) is 29.6. The first-order valence-corrected chi connectivity index (χ1v) is 10.8. The fraction of sp³-hybridized carbons (Fsp3) is 0.636. The monoisotopic (exact) mass is 400 g/mol. The molecule has 3 atom stereocenters. The number of anilines is 1. The molecule has 0 radical (unpaired) electrons. The van der Waals surface area contributed by atoms with Gasteiger partial charge in [0.2, 0.25) is 0 Å². The van der Waals surface area contributed by atoms with Crippen LogP contribution in [0.15, 0.2) is 24.3 Å². The topological polar surface area (TPSA) is 73.9 Å². The molecule has 2 N–H and O–H groups in total. The molecule has 1 saturated carbocycles. The summed E-state index contributed by atoms with van der Waals surface area (Å²) >= 11 is 0. The van der Waals surface area contributed by atoms with E-state index in [1.54, 1.807) is 6.07 Å². The van der Waals surface area contributed by atoms with Gasteiger partial charge in [0.15, 0.2) is 0 Å². The Kier molecular flexibility index (Phi) is 6.06. The number of carbonyl (C=O) groups excluding carboxylic acids is 2. The van der Waals surface area contributed by atoms with E-state index in [-0.39, 0.29) is 30.2 Å². The number of carbonyl (C=O) groups is 2. The van der Waals surface area contributed by atoms with Crippen molar-refractivity contribution in [3.05, 3.63) is 29.8 Å². The number of hydrogen-bond acceptors (Lipinski definition) is 4. The molecule has 29 heavy (non-hydrogen) atoms. The highest BCUT2D eigenvalue weighted by molar-refractivity contribution is 5.97. The maximum absolute atomic E-state index is 13.2. The third-order valence-electron chi connectivity index (χ3n) is 5.88. The Morgan fingerprint density at radius 1 is 1.14 bits per heavy atom. The van der Waals surface area contributed by atoms with E-state index in [4.69, 9.17) is 4.74 Å². The largest absolute Gasteiger partial charge is 0.373 e. The van der Waals surface area contributed by atoms with Crippen LogP contribution < -0.4 is 10.6 Å². The van der Waals surface area contributed by atoms with Crippen LogP contribution in [-0.2, 0) is 4.74 Å². The molecule has 4 rings (SSSR count). The van der Waals surface area contributed by atoms with Gasteiger partial charge in [-0.1, -0.05) is 6.07 Å². The SMILES string of the molecule is CC1CN(CC2CCCN2C(=O)c2cccc(NC(=O)NC3CC3)c2)CC(C)O1. The first-order chi connectivity index (χ1) is 14.0. The third-order valence-corrected chi connectivity index (χ3v) is 5.88. The van der Waals surface area contributed by atoms with Crippen molar-refractivity contribution in [3.8, 4) is 0 Å². The molecular formula is C22H32N4O3. The summed E-state index contributed by atoms with van der Waals surface area (Å²) < 4.78 is 5.84. The van der Waals surface area contributed by atoms with Gasteiger partial charge in [-0.25, -0.2) is 4.79 Å². The van der Waals surface area contributed by atoms with E-state index in [0.717, 1.165) is 51.9 Å². The molecule has 2 saturated heterocycles. The number of nitrogens with zero attached hydrogens (tertiary/aromatic N) is 2. The van der Waals surface area contributed by atoms with Crippen molar-refractivity contribution in [2.75, 3.05) is 31.5 Å². The zero-order chi connectivity index (χ0) is 20.4. The van der Waals surface area contributed by atoms with E-state index < -0.39 is 0 Å². The minimum Gasteiger partial charge on any atom is -0.373 e. The summed E-state index contributed by atoms with van der Waals surface area (Å²) in [5.74, 6) is 0.0492. The van der Waals surface area contributed by atoms with Gasteiger partial charge in [-0.2, -0.15) is 0 Å². The highest BCUT2D eigenvalue weighted by Gasteiger charge is 2.33. The normalized spacial score (nSPS) is 27.7. The summed E-state index contributed by atoms with van der Waals surface area (Å²) in [6, 6.07) is 7.60. The van der Waals surface area contributed by atoms with Gasteiger partial charge in [0, 0.05) is 49.5 Å². The number of amides is 3. The summed E-state index contributed by atoms with van der Waals surface area (Å²) in [5.41, 5.74) is 1.28. The summed E-state index contributed by atoms with van der Waals surface area (Å²) in [7, 11) is 0. The fourth-order valence-corrected chi connectivity index (χ4v) is 4.50. The van der Waals surface area contributed by atoms with Crippen molar-refractivity contribution in [3.63, 3.8) is 0 Å². The van der Waals surface area contributed by atoms with E-state index in [1.165, 1.54) is 0 Å². The average molecular weight is 401 g/mol. The van der Waals surface area contributed by atoms with Gasteiger partial charge >= 0.3 is 6.03 Å². The van der Waals surface area contributed by atoms with E-state index in [0.29, 0.717) is 17.3 Å². The zero-order valence-corrected chi connectivity index (χ0v) is 17.4. The molecule has 3 fully saturated rings. The molecule has 7 heteroatoms. The molecule has 3 amide bonds. The summed E-state index contributed by atoms with van der Waals surface area (Å²) in [6.45, 7) is 7.73. The molecule has 7 nitrogen and oxygen atoms in total. The molecule has 1 aliphatic carbocycles. The lowest BCUT2D eigenvalue weighted by atomic mass is 10.1. The van der Waals surface area contributed by atoms with Crippen LogP contribution in [0.4, 0.5) is 10.5 Å². The lowest BCUT2D eigenvalue weighted by Crippen LogP contribution is -2.50. The van der Waals surface area contributed by atoms with Gasteiger partial charge < -0.3 is 20.3 Å². The number of nitrogens with one attached hydrogen (secondary N) is 2. The molecule has 2 aliphatic heterocycles. The lowest BCUT2D eigenvalue weighted by Gasteiger charge is -2.38. The van der Waals surface area contributed by atoms with Crippen LogP contribution in [0.2, 0.25) is 0 Å². The van der Waals surface area contributed by atoms with Crippen LogP contribution in [0.5, 0.6) is 0 Å². The van der Waals surface area contributed by atoms with Crippen molar-refractivity contribution < 1.29 is 14.3 Å². The molecule has 2 heterocycles. The number of morpholine rings is 1. The number of hydrogen-bond donors (Lipinski definition) is 2. The molecule has 0 bridgehead atoms. The first-order valence-electron chi connectivity index (χ1n) is 10.8. The molecule has 158 valence electrons. The number of ether oxygens (including phenoxy) is 1. The minimum absolute atomic E-state index is 0.0492. The summed E-state index contributed by atoms with van der Waals surface area (Å²) in [6.07, 6.45) is 4.62. The smallest absolute Gasteiger partial charge is 0.319 e. The highest BCUT2D eigenvalue weighted by Crippen LogP contribution is 2.24. The molecule has 3 aliphatic rings. The van der Waals surface area contributed by atoms with Gasteiger partial charge in [-0.15, -0.1) is 0 Å². The van der Waals surface area contributed by atoms with Crippen molar-refractivity contribution in [2.24, 2.45) is 0 Å². The Morgan fingerprint density at radius 2 is 1.90 bits per heavy atom. The minimum atomic E-state index is -0.202. The number of likely N-dealkylation sites (tertiary alicyclic amines) is 1. The quantitative estimate of drug-likeness (QED) is 0.797. The van der Waals surface area contributed by atoms with Crippen molar-refractivity contribution in [2.45, 2.75) is 63.8 Å². The second-order valence-corrected chi connectivity index (χ2v) is 8.72. The van der Waals surface area contributed by atoms with Crippen molar-refractivity contribution >= 4 is 17.6 Å². The zero-order valence-electron chi connectivity index (χ0n) is 17.4. The van der Waals surface area contributed by atoms with Crippen LogP contribution in [-0.4, -0.2) is 72.2 Å². The lowest BCUT2D eigenvalue weighted by molar-refractivity contribution is -0.0715. The van der Waals surface area contributed by atoms with Gasteiger partial charge in [0.25, 0.3) is 5.91 Å². The number of urea groups is 1. The van der Waals surface area contributed by atoms with Crippen LogP contribution in [0.25, 0.3) is 0 Å². The second-order valence-electron chi connectivity index (χ2n) is 8.72. The molecule has 1 aromatic rings.